The van der Waals surface area contributed by atoms with Crippen LogP contribution in [0.5, 0.6) is 0 Å². The molecule has 0 aliphatic carbocycles. The lowest BCUT2D eigenvalue weighted by molar-refractivity contribution is -0.112. The Labute approximate surface area is 108 Å². The second kappa shape index (κ2) is 6.00. The number of anilines is 1. The molecule has 0 atom stereocenters. The Morgan fingerprint density at radius 1 is 1.22 bits per heavy atom. The number of rotatable bonds is 3. The minimum Gasteiger partial charge on any atom is -0.402 e. The maximum absolute atomic E-state index is 12.1. The number of nitrogens with one attached hydrogen (secondary N) is 1. The van der Waals surface area contributed by atoms with Crippen LogP contribution in [0.1, 0.15) is 19.4 Å². The third kappa shape index (κ3) is 3.45. The first kappa shape index (κ1) is 14.0. The molecule has 0 saturated carbocycles. The van der Waals surface area contributed by atoms with Gasteiger partial charge in [-0.3, -0.25) is 9.79 Å². The van der Waals surface area contributed by atoms with Gasteiger partial charge in [-0.15, -0.1) is 0 Å². The van der Waals surface area contributed by atoms with Crippen LogP contribution in [0.4, 0.5) is 5.69 Å². The second-order valence-electron chi connectivity index (χ2n) is 4.19. The maximum Gasteiger partial charge on any atom is 0.259 e. The highest BCUT2D eigenvalue weighted by Gasteiger charge is 2.14. The van der Waals surface area contributed by atoms with Crippen LogP contribution in [-0.2, 0) is 4.79 Å². The Morgan fingerprint density at radius 3 is 2.22 bits per heavy atom. The van der Waals surface area contributed by atoms with E-state index in [1.54, 1.807) is 20.9 Å². The van der Waals surface area contributed by atoms with Crippen LogP contribution in [0.2, 0.25) is 0 Å². The van der Waals surface area contributed by atoms with E-state index in [0.29, 0.717) is 17.0 Å². The molecule has 0 aromatic heterocycles. The van der Waals surface area contributed by atoms with Gasteiger partial charge in [0.1, 0.15) is 0 Å². The highest BCUT2D eigenvalue weighted by molar-refractivity contribution is 6.25. The van der Waals surface area contributed by atoms with Gasteiger partial charge in [-0.05, 0) is 32.9 Å². The Morgan fingerprint density at radius 2 is 1.78 bits per heavy atom. The van der Waals surface area contributed by atoms with Crippen LogP contribution >= 0.6 is 0 Å². The van der Waals surface area contributed by atoms with E-state index in [1.165, 1.54) is 0 Å². The molecule has 0 aliphatic rings. The molecule has 1 amide bonds. The molecule has 0 aliphatic heterocycles. The number of benzene rings is 1. The second-order valence-corrected chi connectivity index (χ2v) is 4.19. The van der Waals surface area contributed by atoms with E-state index in [1.807, 2.05) is 31.2 Å². The SMILES string of the molecule is CN=C(C)C(C(=O)Nc1ccc(C)cc1)=C(C)N. The Bertz CT molecular complexity index is 494. The van der Waals surface area contributed by atoms with Crippen LogP contribution in [0.15, 0.2) is 40.5 Å². The van der Waals surface area contributed by atoms with Crippen molar-refractivity contribution in [2.24, 2.45) is 10.7 Å². The number of carbonyl (C=O) groups is 1. The van der Waals surface area contributed by atoms with Crippen molar-refractivity contribution in [3.05, 3.63) is 41.1 Å². The predicted molar refractivity (Wildman–Crippen MR) is 75.7 cm³/mol. The van der Waals surface area contributed by atoms with Gasteiger partial charge < -0.3 is 11.1 Å². The summed E-state index contributed by atoms with van der Waals surface area (Å²) in [6, 6.07) is 7.59. The van der Waals surface area contributed by atoms with Crippen LogP contribution in [0.25, 0.3) is 0 Å². The van der Waals surface area contributed by atoms with Crippen molar-refractivity contribution < 1.29 is 4.79 Å². The van der Waals surface area contributed by atoms with Gasteiger partial charge in [-0.25, -0.2) is 0 Å². The van der Waals surface area contributed by atoms with Crippen LogP contribution in [-0.4, -0.2) is 18.7 Å². The summed E-state index contributed by atoms with van der Waals surface area (Å²) in [7, 11) is 1.64. The van der Waals surface area contributed by atoms with E-state index in [2.05, 4.69) is 10.3 Å². The molecule has 0 spiro atoms. The number of aliphatic imine (C=N–C) groups is 1. The summed E-state index contributed by atoms with van der Waals surface area (Å²) in [6.07, 6.45) is 0. The van der Waals surface area contributed by atoms with Crippen molar-refractivity contribution >= 4 is 17.3 Å². The van der Waals surface area contributed by atoms with Crippen LogP contribution in [0.3, 0.4) is 0 Å². The van der Waals surface area contributed by atoms with E-state index in [9.17, 15) is 4.79 Å². The topological polar surface area (TPSA) is 67.5 Å². The highest BCUT2D eigenvalue weighted by Crippen LogP contribution is 2.12. The van der Waals surface area contributed by atoms with E-state index < -0.39 is 0 Å². The molecular formula is C14H19N3O. The van der Waals surface area contributed by atoms with Gasteiger partial charge in [0, 0.05) is 24.1 Å². The number of allylic oxidation sites excluding steroid dienone is 1. The number of aryl methyl sites for hydroxylation is 1. The Kier molecular flexibility index (Phi) is 4.66. The van der Waals surface area contributed by atoms with Crippen molar-refractivity contribution in [1.82, 2.24) is 0 Å². The van der Waals surface area contributed by atoms with Gasteiger partial charge in [0.05, 0.1) is 5.57 Å². The molecular weight excluding hydrogens is 226 g/mol. The third-order valence-corrected chi connectivity index (χ3v) is 2.63. The smallest absolute Gasteiger partial charge is 0.259 e. The standard InChI is InChI=1S/C14H19N3O/c1-9-5-7-12(8-6-9)17-14(18)13(10(2)15)11(3)16-4/h5-8H,15H2,1-4H3,(H,17,18). The fourth-order valence-electron chi connectivity index (χ4n) is 1.57. The summed E-state index contributed by atoms with van der Waals surface area (Å²) >= 11 is 0. The lowest BCUT2D eigenvalue weighted by Crippen LogP contribution is -2.22. The third-order valence-electron chi connectivity index (χ3n) is 2.63. The van der Waals surface area contributed by atoms with Gasteiger partial charge in [-0.1, -0.05) is 17.7 Å². The van der Waals surface area contributed by atoms with Crippen molar-refractivity contribution in [3.63, 3.8) is 0 Å². The van der Waals surface area contributed by atoms with Crippen molar-refractivity contribution in [1.29, 1.82) is 0 Å². The number of nitrogens with two attached hydrogens (primary N) is 1. The molecule has 1 aromatic carbocycles. The summed E-state index contributed by atoms with van der Waals surface area (Å²) in [5.41, 5.74) is 9.13. The quantitative estimate of drug-likeness (QED) is 0.633. The predicted octanol–water partition coefficient (Wildman–Crippen LogP) is 2.26. The highest BCUT2D eigenvalue weighted by atomic mass is 16.1. The summed E-state index contributed by atoms with van der Waals surface area (Å²) in [4.78, 5) is 16.1. The number of carbonyl (C=O) groups excluding carboxylic acids is 1. The lowest BCUT2D eigenvalue weighted by atomic mass is 10.1. The molecule has 96 valence electrons. The zero-order valence-electron chi connectivity index (χ0n) is 11.2. The van der Waals surface area contributed by atoms with Gasteiger partial charge in [0.15, 0.2) is 0 Å². The van der Waals surface area contributed by atoms with Crippen LogP contribution in [0, 0.1) is 6.92 Å². The molecule has 0 heterocycles. The molecule has 0 fully saturated rings. The largest absolute Gasteiger partial charge is 0.402 e. The first-order valence-corrected chi connectivity index (χ1v) is 5.73. The zero-order valence-corrected chi connectivity index (χ0v) is 11.2. The Hall–Kier alpha value is -2.10. The minimum absolute atomic E-state index is 0.234. The number of hydrogen-bond donors (Lipinski definition) is 2. The van der Waals surface area contributed by atoms with Crippen molar-refractivity contribution in [3.8, 4) is 0 Å². The van der Waals surface area contributed by atoms with E-state index in [-0.39, 0.29) is 5.91 Å². The molecule has 1 rings (SSSR count). The fourth-order valence-corrected chi connectivity index (χ4v) is 1.57. The molecule has 4 heteroatoms. The lowest BCUT2D eigenvalue weighted by Gasteiger charge is -2.10. The van der Waals surface area contributed by atoms with Gasteiger partial charge >= 0.3 is 0 Å². The van der Waals surface area contributed by atoms with E-state index in [0.717, 1.165) is 11.3 Å². The summed E-state index contributed by atoms with van der Waals surface area (Å²) in [5.74, 6) is -0.234. The van der Waals surface area contributed by atoms with Crippen molar-refractivity contribution in [2.45, 2.75) is 20.8 Å². The van der Waals surface area contributed by atoms with Crippen molar-refractivity contribution in [2.75, 3.05) is 12.4 Å². The molecule has 4 nitrogen and oxygen atoms in total. The minimum atomic E-state index is -0.234. The van der Waals surface area contributed by atoms with Crippen LogP contribution < -0.4 is 11.1 Å². The molecule has 18 heavy (non-hydrogen) atoms. The maximum atomic E-state index is 12.1. The number of nitrogens with zero attached hydrogens (tertiary/aromatic N) is 1. The van der Waals surface area contributed by atoms with E-state index >= 15 is 0 Å². The molecule has 0 unspecified atom stereocenters. The molecule has 0 saturated heterocycles. The fraction of sp³-hybridized carbons (Fsp3) is 0.286. The average Bonchev–Trinajstić information content (AvgIpc) is 2.31. The van der Waals surface area contributed by atoms with Gasteiger partial charge in [0.2, 0.25) is 0 Å². The average molecular weight is 245 g/mol. The molecule has 1 aromatic rings. The molecule has 3 N–H and O–H groups in total. The summed E-state index contributed by atoms with van der Waals surface area (Å²) in [5, 5.41) is 2.81. The number of amides is 1. The number of hydrogen-bond acceptors (Lipinski definition) is 3. The first-order chi connectivity index (χ1) is 8.45. The summed E-state index contributed by atoms with van der Waals surface area (Å²) in [6.45, 7) is 5.45. The summed E-state index contributed by atoms with van der Waals surface area (Å²) < 4.78 is 0. The molecule has 0 bridgehead atoms. The normalized spacial score (nSPS) is 13.0. The van der Waals surface area contributed by atoms with Gasteiger partial charge in [0.25, 0.3) is 5.91 Å². The first-order valence-electron chi connectivity index (χ1n) is 5.73. The van der Waals surface area contributed by atoms with E-state index in [4.69, 9.17) is 5.73 Å². The Balaban J connectivity index is 2.94. The zero-order chi connectivity index (χ0) is 13.7. The monoisotopic (exact) mass is 245 g/mol. The molecule has 0 radical (unpaired) electrons. The van der Waals surface area contributed by atoms with Gasteiger partial charge in [-0.2, -0.15) is 0 Å².